The van der Waals surface area contributed by atoms with Crippen LogP contribution in [0.4, 0.5) is 0 Å². The summed E-state index contributed by atoms with van der Waals surface area (Å²) < 4.78 is 4.77. The summed E-state index contributed by atoms with van der Waals surface area (Å²) in [5, 5.41) is 5.12. The fourth-order valence-electron chi connectivity index (χ4n) is 6.27. The van der Waals surface area contributed by atoms with E-state index in [0.29, 0.717) is 0 Å². The van der Waals surface area contributed by atoms with Crippen LogP contribution in [-0.2, 0) is 0 Å². The van der Waals surface area contributed by atoms with Gasteiger partial charge in [-0.15, -0.1) is 0 Å². The Morgan fingerprint density at radius 3 is 1.59 bits per heavy atom. The molecule has 0 N–H and O–H groups in total. The lowest BCUT2D eigenvalue weighted by atomic mass is 10.0. The van der Waals surface area contributed by atoms with Crippen LogP contribution in [-0.4, -0.2) is 9.13 Å². The Balaban J connectivity index is 1.37. The average Bonchev–Trinajstić information content (AvgIpc) is 3.51. The molecule has 39 heavy (non-hydrogen) atoms. The van der Waals surface area contributed by atoms with Gasteiger partial charge in [-0.2, -0.15) is 0 Å². The van der Waals surface area contributed by atoms with E-state index in [1.165, 1.54) is 71.7 Å². The van der Waals surface area contributed by atoms with Crippen molar-refractivity contribution in [3.63, 3.8) is 0 Å². The van der Waals surface area contributed by atoms with E-state index in [1.807, 2.05) is 0 Å². The van der Waals surface area contributed by atoms with E-state index in [4.69, 9.17) is 0 Å². The summed E-state index contributed by atoms with van der Waals surface area (Å²) in [5.74, 6) is 0. The molecule has 0 saturated carbocycles. The molecule has 0 aliphatic rings. The summed E-state index contributed by atoms with van der Waals surface area (Å²) in [6, 6.07) is 50.5. The fourth-order valence-corrected chi connectivity index (χ4v) is 6.27. The highest BCUT2D eigenvalue weighted by atomic mass is 15.0. The van der Waals surface area contributed by atoms with Crippen molar-refractivity contribution in [2.45, 2.75) is 6.92 Å². The molecule has 8 rings (SSSR count). The second-order valence-electron chi connectivity index (χ2n) is 10.3. The number of para-hydroxylation sites is 4. The molecular formula is C37H26N2. The van der Waals surface area contributed by atoms with Crippen LogP contribution in [0.1, 0.15) is 5.56 Å². The van der Waals surface area contributed by atoms with Crippen LogP contribution in [0.15, 0.2) is 140 Å². The first-order valence-electron chi connectivity index (χ1n) is 13.5. The molecule has 0 atom stereocenters. The van der Waals surface area contributed by atoms with Crippen molar-refractivity contribution in [3.8, 4) is 22.5 Å². The third-order valence-electron chi connectivity index (χ3n) is 8.02. The van der Waals surface area contributed by atoms with Gasteiger partial charge in [0.1, 0.15) is 0 Å². The van der Waals surface area contributed by atoms with Crippen LogP contribution in [0.25, 0.3) is 66.1 Å². The maximum atomic E-state index is 2.40. The molecule has 0 radical (unpaired) electrons. The Bertz CT molecular complexity index is 2160. The Labute approximate surface area is 227 Å². The molecule has 0 amide bonds. The highest BCUT2D eigenvalue weighted by Gasteiger charge is 2.16. The Kier molecular flexibility index (Phi) is 4.77. The highest BCUT2D eigenvalue weighted by Crippen LogP contribution is 2.38. The van der Waals surface area contributed by atoms with Crippen LogP contribution in [0, 0.1) is 6.92 Å². The first-order chi connectivity index (χ1) is 19.3. The normalized spacial score (nSPS) is 11.7. The van der Waals surface area contributed by atoms with Gasteiger partial charge in [-0.05, 0) is 78.2 Å². The van der Waals surface area contributed by atoms with Gasteiger partial charge in [0.15, 0.2) is 0 Å². The van der Waals surface area contributed by atoms with Crippen molar-refractivity contribution >= 4 is 43.6 Å². The van der Waals surface area contributed by atoms with E-state index < -0.39 is 0 Å². The molecule has 2 aromatic heterocycles. The second kappa shape index (κ2) is 8.47. The van der Waals surface area contributed by atoms with Crippen molar-refractivity contribution in [2.75, 3.05) is 0 Å². The number of benzene rings is 6. The molecule has 8 aromatic rings. The monoisotopic (exact) mass is 498 g/mol. The molecule has 0 bridgehead atoms. The van der Waals surface area contributed by atoms with Gasteiger partial charge in [0.2, 0.25) is 0 Å². The zero-order valence-corrected chi connectivity index (χ0v) is 21.7. The number of hydrogen-bond acceptors (Lipinski definition) is 0. The lowest BCUT2D eigenvalue weighted by molar-refractivity contribution is 1.17. The number of aromatic nitrogens is 2. The highest BCUT2D eigenvalue weighted by molar-refractivity contribution is 6.13. The average molecular weight is 499 g/mol. The predicted octanol–water partition coefficient (Wildman–Crippen LogP) is 9.86. The zero-order valence-electron chi connectivity index (χ0n) is 21.7. The summed E-state index contributed by atoms with van der Waals surface area (Å²) in [7, 11) is 0. The molecule has 0 aliphatic carbocycles. The third kappa shape index (κ3) is 3.28. The van der Waals surface area contributed by atoms with Crippen LogP contribution >= 0.6 is 0 Å². The molecule has 0 aliphatic heterocycles. The number of hydrogen-bond donors (Lipinski definition) is 0. The Morgan fingerprint density at radius 2 is 0.897 bits per heavy atom. The number of nitrogens with zero attached hydrogens (tertiary/aromatic N) is 2. The molecule has 2 heterocycles. The molecular weight excluding hydrogens is 472 g/mol. The molecule has 0 fully saturated rings. The van der Waals surface area contributed by atoms with Crippen molar-refractivity contribution in [2.24, 2.45) is 0 Å². The molecule has 2 nitrogen and oxygen atoms in total. The van der Waals surface area contributed by atoms with Gasteiger partial charge in [0.05, 0.1) is 22.1 Å². The van der Waals surface area contributed by atoms with Crippen LogP contribution in [0.2, 0.25) is 0 Å². The van der Waals surface area contributed by atoms with Crippen LogP contribution < -0.4 is 0 Å². The minimum absolute atomic E-state index is 1.18. The summed E-state index contributed by atoms with van der Waals surface area (Å²) >= 11 is 0. The fraction of sp³-hybridized carbons (Fsp3) is 0.0270. The van der Waals surface area contributed by atoms with Gasteiger partial charge in [-0.1, -0.05) is 84.9 Å². The zero-order chi connectivity index (χ0) is 25.9. The van der Waals surface area contributed by atoms with Gasteiger partial charge >= 0.3 is 0 Å². The molecule has 0 saturated heterocycles. The predicted molar refractivity (Wildman–Crippen MR) is 165 cm³/mol. The minimum atomic E-state index is 1.18. The van der Waals surface area contributed by atoms with Gasteiger partial charge in [-0.25, -0.2) is 0 Å². The maximum absolute atomic E-state index is 2.40. The van der Waals surface area contributed by atoms with Crippen molar-refractivity contribution < 1.29 is 0 Å². The summed E-state index contributed by atoms with van der Waals surface area (Å²) in [6.07, 6.45) is 0. The molecule has 0 unspecified atom stereocenters. The first-order valence-corrected chi connectivity index (χ1v) is 13.5. The van der Waals surface area contributed by atoms with E-state index in [-0.39, 0.29) is 0 Å². The number of aryl methyl sites for hydroxylation is 1. The van der Waals surface area contributed by atoms with E-state index in [0.717, 1.165) is 0 Å². The smallest absolute Gasteiger partial charge is 0.0570 e. The topological polar surface area (TPSA) is 9.86 Å². The Morgan fingerprint density at radius 1 is 0.385 bits per heavy atom. The SMILES string of the molecule is Cc1cccc2c3cc(-c4ccc5c(c4)c4ccccc4n5-c4ccccc4)ccc3n(-c3ccccc3)c12. The van der Waals surface area contributed by atoms with Gasteiger partial charge in [0.25, 0.3) is 0 Å². The van der Waals surface area contributed by atoms with E-state index in [1.54, 1.807) is 0 Å². The number of rotatable bonds is 3. The standard InChI is InChI=1S/C37H26N2/c1-25-11-10-17-31-33-24-27(20-22-36(33)39(37(25)31)29-14-6-3-7-15-29)26-19-21-35-32(23-26)30-16-8-9-18-34(30)38(35)28-12-4-2-5-13-28/h2-24H,1H3. The van der Waals surface area contributed by atoms with E-state index in [9.17, 15) is 0 Å². The van der Waals surface area contributed by atoms with Gasteiger partial charge < -0.3 is 9.13 Å². The number of fused-ring (bicyclic) bond motifs is 6. The van der Waals surface area contributed by atoms with Gasteiger partial charge in [-0.3, -0.25) is 0 Å². The van der Waals surface area contributed by atoms with Gasteiger partial charge in [0, 0.05) is 32.9 Å². The summed E-state index contributed by atoms with van der Waals surface area (Å²) in [4.78, 5) is 0. The largest absolute Gasteiger partial charge is 0.309 e. The lowest BCUT2D eigenvalue weighted by Gasteiger charge is -2.10. The van der Waals surface area contributed by atoms with Crippen molar-refractivity contribution in [3.05, 3.63) is 145 Å². The summed E-state index contributed by atoms with van der Waals surface area (Å²) in [6.45, 7) is 2.21. The molecule has 2 heteroatoms. The molecule has 184 valence electrons. The quantitative estimate of drug-likeness (QED) is 0.229. The first kappa shape index (κ1) is 22.0. The van der Waals surface area contributed by atoms with E-state index >= 15 is 0 Å². The van der Waals surface area contributed by atoms with Crippen LogP contribution in [0.3, 0.4) is 0 Å². The minimum Gasteiger partial charge on any atom is -0.309 e. The van der Waals surface area contributed by atoms with E-state index in [2.05, 4.69) is 156 Å². The third-order valence-corrected chi connectivity index (χ3v) is 8.02. The van der Waals surface area contributed by atoms with Crippen LogP contribution in [0.5, 0.6) is 0 Å². The second-order valence-corrected chi connectivity index (χ2v) is 10.3. The summed E-state index contributed by atoms with van der Waals surface area (Å²) in [5.41, 5.74) is 11.1. The lowest BCUT2D eigenvalue weighted by Crippen LogP contribution is -1.94. The molecule has 0 spiro atoms. The molecule has 6 aromatic carbocycles. The van der Waals surface area contributed by atoms with Crippen molar-refractivity contribution in [1.29, 1.82) is 0 Å². The Hall–Kier alpha value is -5.08. The van der Waals surface area contributed by atoms with Crippen molar-refractivity contribution in [1.82, 2.24) is 9.13 Å². The maximum Gasteiger partial charge on any atom is 0.0570 e.